The number of anilines is 2. The molecule has 0 aromatic heterocycles. The number of fused-ring (bicyclic) bond motifs is 1. The highest BCUT2D eigenvalue weighted by molar-refractivity contribution is 6.07. The summed E-state index contributed by atoms with van der Waals surface area (Å²) >= 11 is 0. The smallest absolute Gasteiger partial charge is 0.258 e. The summed E-state index contributed by atoms with van der Waals surface area (Å²) in [6.07, 6.45) is 1.85. The second-order valence-electron chi connectivity index (χ2n) is 5.46. The first kappa shape index (κ1) is 13.6. The molecule has 3 nitrogen and oxygen atoms in total. The number of nitrogens with zero attached hydrogens (tertiary/aromatic N) is 1. The van der Waals surface area contributed by atoms with Crippen molar-refractivity contribution in [2.24, 2.45) is 0 Å². The number of nitrogens with two attached hydrogens (primary N) is 1. The summed E-state index contributed by atoms with van der Waals surface area (Å²) in [4.78, 5) is 14.5. The fraction of sp³-hybridized carbons (Fsp3) is 0.235. The van der Waals surface area contributed by atoms with Gasteiger partial charge in [0.15, 0.2) is 0 Å². The molecule has 0 spiro atoms. The molecule has 1 amide bonds. The number of rotatable bonds is 1. The van der Waals surface area contributed by atoms with Crippen LogP contribution >= 0.6 is 0 Å². The zero-order valence-corrected chi connectivity index (χ0v) is 11.8. The van der Waals surface area contributed by atoms with Crippen molar-refractivity contribution in [2.75, 3.05) is 10.6 Å². The third-order valence-electron chi connectivity index (χ3n) is 3.91. The molecule has 1 aliphatic rings. The van der Waals surface area contributed by atoms with Gasteiger partial charge in [-0.3, -0.25) is 4.79 Å². The molecule has 1 aliphatic heterocycles. The van der Waals surface area contributed by atoms with E-state index in [1.54, 1.807) is 4.90 Å². The molecule has 108 valence electrons. The number of hydrogen-bond acceptors (Lipinski definition) is 2. The van der Waals surface area contributed by atoms with Crippen molar-refractivity contribution in [3.63, 3.8) is 0 Å². The van der Waals surface area contributed by atoms with Gasteiger partial charge in [0.1, 0.15) is 5.82 Å². The fourth-order valence-electron chi connectivity index (χ4n) is 2.87. The summed E-state index contributed by atoms with van der Waals surface area (Å²) in [5, 5.41) is 0. The average molecular weight is 284 g/mol. The van der Waals surface area contributed by atoms with Crippen molar-refractivity contribution in [1.29, 1.82) is 0 Å². The standard InChI is InChI=1S/C17H17FN2O/c1-11-6-7-12-4-2-3-5-16(12)20(11)17(21)13-8-14(18)10-15(19)9-13/h2-5,8-11H,6-7,19H2,1H3. The van der Waals surface area contributed by atoms with E-state index in [-0.39, 0.29) is 23.2 Å². The Morgan fingerprint density at radius 1 is 1.29 bits per heavy atom. The van der Waals surface area contributed by atoms with E-state index in [0.29, 0.717) is 0 Å². The van der Waals surface area contributed by atoms with E-state index < -0.39 is 5.82 Å². The number of aryl methyl sites for hydroxylation is 1. The monoisotopic (exact) mass is 284 g/mol. The van der Waals surface area contributed by atoms with Crippen molar-refractivity contribution in [2.45, 2.75) is 25.8 Å². The maximum absolute atomic E-state index is 13.5. The molecule has 0 fully saturated rings. The molecule has 0 aliphatic carbocycles. The zero-order valence-electron chi connectivity index (χ0n) is 11.8. The first-order chi connectivity index (χ1) is 10.1. The van der Waals surface area contributed by atoms with Crippen LogP contribution in [0.4, 0.5) is 15.8 Å². The largest absolute Gasteiger partial charge is 0.399 e. The fourth-order valence-corrected chi connectivity index (χ4v) is 2.87. The number of para-hydroxylation sites is 1. The van der Waals surface area contributed by atoms with Crippen molar-refractivity contribution < 1.29 is 9.18 Å². The van der Waals surface area contributed by atoms with Crippen molar-refractivity contribution in [3.05, 3.63) is 59.4 Å². The predicted octanol–water partition coefficient (Wildman–Crippen LogP) is 3.39. The Morgan fingerprint density at radius 2 is 2.05 bits per heavy atom. The molecule has 21 heavy (non-hydrogen) atoms. The Morgan fingerprint density at radius 3 is 2.81 bits per heavy atom. The third kappa shape index (κ3) is 2.49. The lowest BCUT2D eigenvalue weighted by molar-refractivity contribution is 0.0975. The molecule has 1 heterocycles. The lowest BCUT2D eigenvalue weighted by Gasteiger charge is -2.35. The number of hydrogen-bond donors (Lipinski definition) is 1. The van der Waals surface area contributed by atoms with Gasteiger partial charge in [-0.05, 0) is 49.6 Å². The molecule has 0 radical (unpaired) electrons. The zero-order chi connectivity index (χ0) is 15.0. The van der Waals surface area contributed by atoms with E-state index in [1.165, 1.54) is 18.2 Å². The van der Waals surface area contributed by atoms with Crippen LogP contribution in [0.1, 0.15) is 29.3 Å². The number of carbonyl (C=O) groups is 1. The number of halogens is 1. The van der Waals surface area contributed by atoms with Crippen LogP contribution in [0.15, 0.2) is 42.5 Å². The third-order valence-corrected chi connectivity index (χ3v) is 3.91. The molecule has 0 saturated carbocycles. The quantitative estimate of drug-likeness (QED) is 0.816. The van der Waals surface area contributed by atoms with E-state index in [0.717, 1.165) is 24.1 Å². The summed E-state index contributed by atoms with van der Waals surface area (Å²) in [6.45, 7) is 2.01. The normalized spacial score (nSPS) is 17.4. The summed E-state index contributed by atoms with van der Waals surface area (Å²) in [7, 11) is 0. The second-order valence-corrected chi connectivity index (χ2v) is 5.46. The summed E-state index contributed by atoms with van der Waals surface area (Å²) in [5.74, 6) is -0.697. The molecule has 0 bridgehead atoms. The van der Waals surface area contributed by atoms with Gasteiger partial charge in [-0.2, -0.15) is 0 Å². The Bertz CT molecular complexity index is 679. The minimum absolute atomic E-state index is 0.0805. The van der Waals surface area contributed by atoms with Gasteiger partial charge in [-0.15, -0.1) is 0 Å². The van der Waals surface area contributed by atoms with Gasteiger partial charge >= 0.3 is 0 Å². The summed E-state index contributed by atoms with van der Waals surface area (Å²) in [5.41, 5.74) is 8.25. The van der Waals surface area contributed by atoms with Crippen molar-refractivity contribution >= 4 is 17.3 Å². The molecule has 1 unspecified atom stereocenters. The molecule has 3 rings (SSSR count). The van der Waals surface area contributed by atoms with Crippen LogP contribution in [-0.4, -0.2) is 11.9 Å². The van der Waals surface area contributed by atoms with Crippen molar-refractivity contribution in [1.82, 2.24) is 0 Å². The molecule has 2 aromatic rings. The lowest BCUT2D eigenvalue weighted by Crippen LogP contribution is -2.42. The van der Waals surface area contributed by atoms with Crippen LogP contribution in [0.25, 0.3) is 0 Å². The van der Waals surface area contributed by atoms with E-state index in [1.807, 2.05) is 31.2 Å². The minimum atomic E-state index is -0.490. The Labute approximate surface area is 123 Å². The van der Waals surface area contributed by atoms with E-state index in [4.69, 9.17) is 5.73 Å². The summed E-state index contributed by atoms with van der Waals surface area (Å²) < 4.78 is 13.5. The SMILES string of the molecule is CC1CCc2ccccc2N1C(=O)c1cc(N)cc(F)c1. The van der Waals surface area contributed by atoms with Crippen LogP contribution < -0.4 is 10.6 Å². The van der Waals surface area contributed by atoms with Gasteiger partial charge in [0.2, 0.25) is 0 Å². The van der Waals surface area contributed by atoms with Crippen LogP contribution in [0.2, 0.25) is 0 Å². The van der Waals surface area contributed by atoms with E-state index >= 15 is 0 Å². The van der Waals surface area contributed by atoms with Crippen LogP contribution in [0.3, 0.4) is 0 Å². The molecular formula is C17H17FN2O. The highest BCUT2D eigenvalue weighted by Crippen LogP contribution is 2.32. The van der Waals surface area contributed by atoms with Crippen LogP contribution in [0, 0.1) is 5.82 Å². The van der Waals surface area contributed by atoms with Gasteiger partial charge in [0, 0.05) is 23.0 Å². The minimum Gasteiger partial charge on any atom is -0.399 e. The molecule has 4 heteroatoms. The number of nitrogen functional groups attached to an aromatic ring is 1. The van der Waals surface area contributed by atoms with E-state index in [2.05, 4.69) is 0 Å². The van der Waals surface area contributed by atoms with Crippen LogP contribution in [-0.2, 0) is 6.42 Å². The number of amides is 1. The van der Waals surface area contributed by atoms with Gasteiger partial charge in [0.05, 0.1) is 0 Å². The Hall–Kier alpha value is -2.36. The number of benzene rings is 2. The van der Waals surface area contributed by atoms with E-state index in [9.17, 15) is 9.18 Å². The van der Waals surface area contributed by atoms with Gasteiger partial charge in [-0.25, -0.2) is 4.39 Å². The summed E-state index contributed by atoms with van der Waals surface area (Å²) in [6, 6.07) is 11.9. The molecule has 0 saturated heterocycles. The lowest BCUT2D eigenvalue weighted by atomic mass is 9.95. The first-order valence-corrected chi connectivity index (χ1v) is 7.04. The Balaban J connectivity index is 2.04. The second kappa shape index (κ2) is 5.20. The maximum Gasteiger partial charge on any atom is 0.258 e. The van der Waals surface area contributed by atoms with Gasteiger partial charge in [-0.1, -0.05) is 18.2 Å². The van der Waals surface area contributed by atoms with Gasteiger partial charge < -0.3 is 10.6 Å². The highest BCUT2D eigenvalue weighted by Gasteiger charge is 2.29. The molecule has 2 aromatic carbocycles. The maximum atomic E-state index is 13.5. The predicted molar refractivity (Wildman–Crippen MR) is 81.8 cm³/mol. The molecular weight excluding hydrogens is 267 g/mol. The Kier molecular flexibility index (Phi) is 3.37. The van der Waals surface area contributed by atoms with Gasteiger partial charge in [0.25, 0.3) is 5.91 Å². The molecule has 2 N–H and O–H groups in total. The van der Waals surface area contributed by atoms with Crippen LogP contribution in [0.5, 0.6) is 0 Å². The first-order valence-electron chi connectivity index (χ1n) is 7.04. The van der Waals surface area contributed by atoms with Crippen molar-refractivity contribution in [3.8, 4) is 0 Å². The highest BCUT2D eigenvalue weighted by atomic mass is 19.1. The average Bonchev–Trinajstić information content (AvgIpc) is 2.45. The topological polar surface area (TPSA) is 46.3 Å². The molecule has 1 atom stereocenters. The number of carbonyl (C=O) groups excluding carboxylic acids is 1.